The molecular formula is C12H14N4. The molecule has 0 radical (unpaired) electrons. The maximum Gasteiger partial charge on any atom is 0.203 e. The first-order chi connectivity index (χ1) is 7.90. The van der Waals surface area contributed by atoms with Gasteiger partial charge in [-0.25, -0.2) is 4.98 Å². The molecule has 0 spiro atoms. The zero-order valence-electron chi connectivity index (χ0n) is 9.00. The fourth-order valence-corrected chi connectivity index (χ4v) is 1.44. The van der Waals surface area contributed by atoms with E-state index in [9.17, 15) is 0 Å². The Morgan fingerprint density at radius 1 is 1.31 bits per heavy atom. The summed E-state index contributed by atoms with van der Waals surface area (Å²) < 4.78 is 2.00. The average molecular weight is 214 g/mol. The van der Waals surface area contributed by atoms with Gasteiger partial charge in [0.15, 0.2) is 0 Å². The second-order valence-corrected chi connectivity index (χ2v) is 3.37. The number of nitrogens with zero attached hydrogens (tertiary/aromatic N) is 3. The van der Waals surface area contributed by atoms with Crippen molar-refractivity contribution < 1.29 is 0 Å². The molecule has 0 saturated heterocycles. The van der Waals surface area contributed by atoms with E-state index < -0.39 is 0 Å². The lowest BCUT2D eigenvalue weighted by Gasteiger charge is -2.07. The summed E-state index contributed by atoms with van der Waals surface area (Å²) in [6.45, 7) is 5.14. The van der Waals surface area contributed by atoms with E-state index in [2.05, 4.69) is 21.9 Å². The monoisotopic (exact) mass is 214 g/mol. The fourth-order valence-electron chi connectivity index (χ4n) is 1.44. The second kappa shape index (κ2) is 5.11. The number of nitrogens with one attached hydrogen (secondary N) is 1. The number of hydrogen-bond donors (Lipinski definition) is 1. The highest BCUT2D eigenvalue weighted by Gasteiger charge is 2.00. The minimum absolute atomic E-state index is 0.676. The van der Waals surface area contributed by atoms with Gasteiger partial charge in [0, 0.05) is 25.1 Å². The molecule has 0 aromatic carbocycles. The molecule has 1 N–H and O–H groups in total. The Labute approximate surface area is 94.7 Å². The number of hydrogen-bond acceptors (Lipinski definition) is 3. The van der Waals surface area contributed by atoms with Crippen LogP contribution in [0.1, 0.15) is 5.69 Å². The van der Waals surface area contributed by atoms with Gasteiger partial charge in [-0.2, -0.15) is 0 Å². The van der Waals surface area contributed by atoms with Crippen molar-refractivity contribution in [3.63, 3.8) is 0 Å². The van der Waals surface area contributed by atoms with Crippen molar-refractivity contribution in [3.8, 4) is 0 Å². The number of anilines is 1. The topological polar surface area (TPSA) is 42.7 Å². The summed E-state index contributed by atoms with van der Waals surface area (Å²) in [6, 6.07) is 5.86. The van der Waals surface area contributed by atoms with Gasteiger partial charge in [-0.3, -0.25) is 4.98 Å². The lowest BCUT2D eigenvalue weighted by Crippen LogP contribution is -2.07. The van der Waals surface area contributed by atoms with Crippen molar-refractivity contribution in [1.82, 2.24) is 14.5 Å². The molecule has 2 heterocycles. The lowest BCUT2D eigenvalue weighted by molar-refractivity contribution is 0.817. The van der Waals surface area contributed by atoms with E-state index in [1.165, 1.54) is 0 Å². The van der Waals surface area contributed by atoms with Crippen LogP contribution < -0.4 is 5.32 Å². The summed E-state index contributed by atoms with van der Waals surface area (Å²) in [6.07, 6.45) is 7.31. The molecule has 0 aliphatic heterocycles. The van der Waals surface area contributed by atoms with Crippen molar-refractivity contribution in [2.24, 2.45) is 0 Å². The van der Waals surface area contributed by atoms with Gasteiger partial charge >= 0.3 is 0 Å². The Morgan fingerprint density at radius 3 is 3.00 bits per heavy atom. The quantitative estimate of drug-likeness (QED) is 0.775. The Hall–Kier alpha value is -2.10. The Morgan fingerprint density at radius 2 is 2.25 bits per heavy atom. The van der Waals surface area contributed by atoms with Crippen LogP contribution in [0.15, 0.2) is 49.4 Å². The summed E-state index contributed by atoms with van der Waals surface area (Å²) in [5.41, 5.74) is 0.996. The molecule has 0 unspecified atom stereocenters. The van der Waals surface area contributed by atoms with E-state index in [-0.39, 0.29) is 0 Å². The largest absolute Gasteiger partial charge is 0.350 e. The van der Waals surface area contributed by atoms with Gasteiger partial charge in [-0.05, 0) is 12.1 Å². The standard InChI is InChI=1S/C12H14N4/c1-2-8-16-9-7-14-12(16)15-10-11-5-3-4-6-13-11/h2-7,9H,1,8,10H2,(H,14,15). The van der Waals surface area contributed by atoms with Crippen molar-refractivity contribution >= 4 is 5.95 Å². The molecule has 2 rings (SSSR count). The van der Waals surface area contributed by atoms with Crippen LogP contribution >= 0.6 is 0 Å². The summed E-state index contributed by atoms with van der Waals surface area (Å²) in [5.74, 6) is 0.838. The van der Waals surface area contributed by atoms with Crippen LogP contribution in [0.3, 0.4) is 0 Å². The maximum atomic E-state index is 4.23. The fraction of sp³-hybridized carbons (Fsp3) is 0.167. The van der Waals surface area contributed by atoms with Crippen molar-refractivity contribution in [2.45, 2.75) is 13.1 Å². The third-order valence-corrected chi connectivity index (χ3v) is 2.20. The number of allylic oxidation sites excluding steroid dienone is 1. The van der Waals surface area contributed by atoms with E-state index in [1.54, 1.807) is 12.4 Å². The average Bonchev–Trinajstić information content (AvgIpc) is 2.76. The molecule has 0 aliphatic carbocycles. The van der Waals surface area contributed by atoms with E-state index in [4.69, 9.17) is 0 Å². The van der Waals surface area contributed by atoms with Gasteiger partial charge in [0.2, 0.25) is 5.95 Å². The highest BCUT2D eigenvalue weighted by Crippen LogP contribution is 2.06. The van der Waals surface area contributed by atoms with E-state index >= 15 is 0 Å². The smallest absolute Gasteiger partial charge is 0.203 e. The molecule has 0 fully saturated rings. The normalized spacial score (nSPS) is 10.0. The van der Waals surface area contributed by atoms with Gasteiger partial charge < -0.3 is 9.88 Å². The molecule has 0 bridgehead atoms. The summed E-state index contributed by atoms with van der Waals surface area (Å²) in [7, 11) is 0. The van der Waals surface area contributed by atoms with Gasteiger partial charge in [0.25, 0.3) is 0 Å². The van der Waals surface area contributed by atoms with E-state index in [1.807, 2.05) is 35.0 Å². The summed E-state index contributed by atoms with van der Waals surface area (Å²) >= 11 is 0. The highest BCUT2D eigenvalue weighted by molar-refractivity contribution is 5.27. The predicted octanol–water partition coefficient (Wildman–Crippen LogP) is 2.08. The zero-order valence-corrected chi connectivity index (χ0v) is 9.00. The highest BCUT2D eigenvalue weighted by atomic mass is 15.2. The van der Waals surface area contributed by atoms with Crippen LogP contribution in [0.2, 0.25) is 0 Å². The summed E-state index contributed by atoms with van der Waals surface area (Å²) in [4.78, 5) is 8.46. The molecule has 4 nitrogen and oxygen atoms in total. The third-order valence-electron chi connectivity index (χ3n) is 2.20. The minimum atomic E-state index is 0.676. The van der Waals surface area contributed by atoms with Crippen molar-refractivity contribution in [2.75, 3.05) is 5.32 Å². The van der Waals surface area contributed by atoms with Crippen LogP contribution in [-0.2, 0) is 13.1 Å². The molecule has 0 aliphatic rings. The van der Waals surface area contributed by atoms with Crippen LogP contribution in [0.4, 0.5) is 5.95 Å². The Balaban J connectivity index is 1.99. The van der Waals surface area contributed by atoms with Crippen LogP contribution in [0.5, 0.6) is 0 Å². The molecule has 0 amide bonds. The van der Waals surface area contributed by atoms with Crippen molar-refractivity contribution in [1.29, 1.82) is 0 Å². The maximum absolute atomic E-state index is 4.23. The zero-order chi connectivity index (χ0) is 11.2. The van der Waals surface area contributed by atoms with Gasteiger partial charge in [-0.1, -0.05) is 12.1 Å². The first-order valence-corrected chi connectivity index (χ1v) is 5.16. The molecule has 0 atom stereocenters. The van der Waals surface area contributed by atoms with E-state index in [0.717, 1.165) is 18.2 Å². The first kappa shape index (κ1) is 10.4. The van der Waals surface area contributed by atoms with Crippen LogP contribution in [-0.4, -0.2) is 14.5 Å². The molecular weight excluding hydrogens is 200 g/mol. The molecule has 82 valence electrons. The molecule has 2 aromatic heterocycles. The molecule has 4 heteroatoms. The molecule has 2 aromatic rings. The second-order valence-electron chi connectivity index (χ2n) is 3.37. The Bertz CT molecular complexity index is 447. The number of pyridine rings is 1. The van der Waals surface area contributed by atoms with Gasteiger partial charge in [0.05, 0.1) is 12.2 Å². The van der Waals surface area contributed by atoms with Crippen LogP contribution in [0, 0.1) is 0 Å². The SMILES string of the molecule is C=CCn1ccnc1NCc1ccccn1. The van der Waals surface area contributed by atoms with E-state index in [0.29, 0.717) is 6.54 Å². The number of rotatable bonds is 5. The minimum Gasteiger partial charge on any atom is -0.350 e. The molecule has 0 saturated carbocycles. The third kappa shape index (κ3) is 2.48. The first-order valence-electron chi connectivity index (χ1n) is 5.16. The number of imidazole rings is 1. The van der Waals surface area contributed by atoms with Gasteiger partial charge in [0.1, 0.15) is 0 Å². The lowest BCUT2D eigenvalue weighted by atomic mass is 10.3. The molecule has 16 heavy (non-hydrogen) atoms. The van der Waals surface area contributed by atoms with Crippen molar-refractivity contribution in [3.05, 3.63) is 55.1 Å². The Kier molecular flexibility index (Phi) is 3.33. The predicted molar refractivity (Wildman–Crippen MR) is 64.0 cm³/mol. The number of aromatic nitrogens is 3. The van der Waals surface area contributed by atoms with Gasteiger partial charge in [-0.15, -0.1) is 6.58 Å². The summed E-state index contributed by atoms with van der Waals surface area (Å²) in [5, 5.41) is 3.24. The van der Waals surface area contributed by atoms with Crippen LogP contribution in [0.25, 0.3) is 0 Å².